The van der Waals surface area contributed by atoms with E-state index in [4.69, 9.17) is 15.9 Å². The Balaban J connectivity index is 2.50. The number of aromatic carboxylic acids is 1. The smallest absolute Gasteiger partial charge is 0.347 e. The summed E-state index contributed by atoms with van der Waals surface area (Å²) in [5, 5.41) is 20.3. The molecule has 0 bridgehead atoms. The highest BCUT2D eigenvalue weighted by molar-refractivity contribution is 7.13. The van der Waals surface area contributed by atoms with Gasteiger partial charge in [0.2, 0.25) is 5.91 Å². The minimum absolute atomic E-state index is 0.0401. The second-order valence-electron chi connectivity index (χ2n) is 4.08. The zero-order valence-corrected chi connectivity index (χ0v) is 11.6. The number of nitrogens with two attached hydrogens (primary N) is 1. The molecule has 20 heavy (non-hydrogen) atoms. The van der Waals surface area contributed by atoms with Crippen molar-refractivity contribution < 1.29 is 24.6 Å². The molecular formula is C11H15N3O5S. The molecule has 1 atom stereocenters. The lowest BCUT2D eigenvalue weighted by Crippen LogP contribution is -2.40. The van der Waals surface area contributed by atoms with Crippen molar-refractivity contribution in [1.82, 2.24) is 10.3 Å². The number of aromatic nitrogens is 1. The molecule has 1 aromatic heterocycles. The fourth-order valence-corrected chi connectivity index (χ4v) is 2.27. The van der Waals surface area contributed by atoms with Crippen LogP contribution >= 0.6 is 11.3 Å². The van der Waals surface area contributed by atoms with Crippen LogP contribution in [0.5, 0.6) is 0 Å². The number of aryl methyl sites for hydroxylation is 1. The zero-order valence-electron chi connectivity index (χ0n) is 10.8. The molecule has 1 aromatic rings. The molecule has 0 aliphatic heterocycles. The number of nitrogens with zero attached hydrogens (tertiary/aromatic N) is 1. The average Bonchev–Trinajstić information content (AvgIpc) is 2.74. The molecule has 110 valence electrons. The maximum Gasteiger partial charge on any atom is 0.347 e. The predicted octanol–water partition coefficient (Wildman–Crippen LogP) is -0.0420. The third-order valence-corrected chi connectivity index (χ3v) is 3.60. The van der Waals surface area contributed by atoms with Crippen molar-refractivity contribution in [3.05, 3.63) is 15.6 Å². The Morgan fingerprint density at radius 3 is 2.55 bits per heavy atom. The zero-order chi connectivity index (χ0) is 15.3. The molecule has 0 aliphatic carbocycles. The van der Waals surface area contributed by atoms with E-state index in [1.54, 1.807) is 6.92 Å². The number of rotatable bonds is 7. The minimum Gasteiger partial charge on any atom is -0.481 e. The fourth-order valence-electron chi connectivity index (χ4n) is 1.43. The number of carbonyl (C=O) groups is 3. The molecule has 1 unspecified atom stereocenters. The first-order valence-corrected chi connectivity index (χ1v) is 6.57. The number of carboxylic acids is 2. The van der Waals surface area contributed by atoms with E-state index in [-0.39, 0.29) is 24.3 Å². The second-order valence-corrected chi connectivity index (χ2v) is 5.17. The van der Waals surface area contributed by atoms with Gasteiger partial charge in [0.05, 0.1) is 18.3 Å². The van der Waals surface area contributed by atoms with E-state index in [0.29, 0.717) is 10.7 Å². The molecule has 1 rings (SSSR count). The molecule has 0 saturated carbocycles. The molecule has 1 amide bonds. The second kappa shape index (κ2) is 6.96. The molecule has 0 saturated heterocycles. The molecule has 0 radical (unpaired) electrons. The van der Waals surface area contributed by atoms with Crippen LogP contribution in [0.4, 0.5) is 0 Å². The quantitative estimate of drug-likeness (QED) is 0.553. The Kier molecular flexibility index (Phi) is 5.59. The van der Waals surface area contributed by atoms with Crippen LogP contribution in [0, 0.1) is 6.92 Å². The lowest BCUT2D eigenvalue weighted by molar-refractivity contribution is -0.137. The number of hydrogen-bond acceptors (Lipinski definition) is 6. The molecule has 0 fully saturated rings. The van der Waals surface area contributed by atoms with Crippen LogP contribution in [0.1, 0.15) is 33.2 Å². The number of carbonyl (C=O) groups excluding carboxylic acids is 1. The average molecular weight is 301 g/mol. The van der Waals surface area contributed by atoms with E-state index in [1.165, 1.54) is 0 Å². The van der Waals surface area contributed by atoms with E-state index < -0.39 is 23.9 Å². The van der Waals surface area contributed by atoms with Crippen molar-refractivity contribution in [1.29, 1.82) is 0 Å². The van der Waals surface area contributed by atoms with Crippen LogP contribution in [0.25, 0.3) is 0 Å². The highest BCUT2D eigenvalue weighted by Crippen LogP contribution is 2.17. The van der Waals surface area contributed by atoms with Gasteiger partial charge < -0.3 is 21.3 Å². The highest BCUT2D eigenvalue weighted by atomic mass is 32.1. The van der Waals surface area contributed by atoms with E-state index >= 15 is 0 Å². The van der Waals surface area contributed by atoms with Gasteiger partial charge in [-0.15, -0.1) is 11.3 Å². The van der Waals surface area contributed by atoms with Gasteiger partial charge in [0.25, 0.3) is 0 Å². The van der Waals surface area contributed by atoms with Crippen molar-refractivity contribution >= 4 is 29.2 Å². The predicted molar refractivity (Wildman–Crippen MR) is 70.5 cm³/mol. The van der Waals surface area contributed by atoms with Gasteiger partial charge in [-0.3, -0.25) is 9.59 Å². The molecule has 8 nitrogen and oxygen atoms in total. The number of hydrogen-bond donors (Lipinski definition) is 4. The molecule has 0 spiro atoms. The molecular weight excluding hydrogens is 286 g/mol. The maximum absolute atomic E-state index is 11.6. The third-order valence-electron chi connectivity index (χ3n) is 2.45. The van der Waals surface area contributed by atoms with Gasteiger partial charge in [-0.1, -0.05) is 0 Å². The standard InChI is InChI=1S/C11H15N3O5S/c1-5-9(11(18)19)20-7(14-5)4-13-10(17)6(12)2-3-8(15)16/h6H,2-4,12H2,1H3,(H,13,17)(H,15,16)(H,18,19). The van der Waals surface area contributed by atoms with Crippen LogP contribution in [0.15, 0.2) is 0 Å². The third kappa shape index (κ3) is 4.59. The monoisotopic (exact) mass is 301 g/mol. The van der Waals surface area contributed by atoms with Crippen LogP contribution in [-0.4, -0.2) is 39.1 Å². The van der Waals surface area contributed by atoms with Crippen molar-refractivity contribution in [2.45, 2.75) is 32.4 Å². The normalized spacial score (nSPS) is 11.9. The maximum atomic E-state index is 11.6. The van der Waals surface area contributed by atoms with Gasteiger partial charge in [-0.2, -0.15) is 0 Å². The van der Waals surface area contributed by atoms with Crippen LogP contribution in [0.2, 0.25) is 0 Å². The molecule has 1 heterocycles. The van der Waals surface area contributed by atoms with Gasteiger partial charge in [-0.05, 0) is 13.3 Å². The topological polar surface area (TPSA) is 143 Å². The minimum atomic E-state index is -1.06. The lowest BCUT2D eigenvalue weighted by Gasteiger charge is -2.09. The van der Waals surface area contributed by atoms with Gasteiger partial charge in [0, 0.05) is 6.42 Å². The number of amides is 1. The Hall–Kier alpha value is -2.00. The van der Waals surface area contributed by atoms with Gasteiger partial charge in [-0.25, -0.2) is 9.78 Å². The first-order valence-electron chi connectivity index (χ1n) is 5.76. The molecule has 9 heteroatoms. The summed E-state index contributed by atoms with van der Waals surface area (Å²) in [5.41, 5.74) is 5.92. The number of carboxylic acid groups (broad SMARTS) is 2. The molecule has 0 aromatic carbocycles. The molecule has 5 N–H and O–H groups in total. The summed E-state index contributed by atoms with van der Waals surface area (Å²) in [7, 11) is 0. The van der Waals surface area contributed by atoms with Crippen LogP contribution in [-0.2, 0) is 16.1 Å². The first kappa shape index (κ1) is 16.1. The van der Waals surface area contributed by atoms with Crippen molar-refractivity contribution in [3.63, 3.8) is 0 Å². The van der Waals surface area contributed by atoms with Crippen LogP contribution in [0.3, 0.4) is 0 Å². The Morgan fingerprint density at radius 2 is 2.05 bits per heavy atom. The first-order chi connectivity index (χ1) is 9.31. The van der Waals surface area contributed by atoms with Gasteiger partial charge in [0.15, 0.2) is 0 Å². The summed E-state index contributed by atoms with van der Waals surface area (Å²) in [6.07, 6.45) is -0.146. The number of aliphatic carboxylic acids is 1. The summed E-state index contributed by atoms with van der Waals surface area (Å²) >= 11 is 0.979. The summed E-state index contributed by atoms with van der Waals surface area (Å²) < 4.78 is 0. The van der Waals surface area contributed by atoms with Crippen molar-refractivity contribution in [3.8, 4) is 0 Å². The van der Waals surface area contributed by atoms with Crippen molar-refractivity contribution in [2.24, 2.45) is 5.73 Å². The molecule has 0 aliphatic rings. The summed E-state index contributed by atoms with van der Waals surface area (Å²) in [6, 6.07) is -0.911. The fraction of sp³-hybridized carbons (Fsp3) is 0.455. The van der Waals surface area contributed by atoms with Crippen molar-refractivity contribution in [2.75, 3.05) is 0 Å². The van der Waals surface area contributed by atoms with Gasteiger partial charge in [0.1, 0.15) is 9.88 Å². The van der Waals surface area contributed by atoms with E-state index in [0.717, 1.165) is 11.3 Å². The van der Waals surface area contributed by atoms with E-state index in [2.05, 4.69) is 10.3 Å². The SMILES string of the molecule is Cc1nc(CNC(=O)C(N)CCC(=O)O)sc1C(=O)O. The largest absolute Gasteiger partial charge is 0.481 e. The number of thiazole rings is 1. The van der Waals surface area contributed by atoms with Crippen LogP contribution < -0.4 is 11.1 Å². The number of nitrogens with one attached hydrogen (secondary N) is 1. The Labute approximate surface area is 118 Å². The van der Waals surface area contributed by atoms with E-state index in [9.17, 15) is 14.4 Å². The highest BCUT2D eigenvalue weighted by Gasteiger charge is 2.17. The Morgan fingerprint density at radius 1 is 1.40 bits per heavy atom. The summed E-state index contributed by atoms with van der Waals surface area (Å²) in [6.45, 7) is 1.64. The summed E-state index contributed by atoms with van der Waals surface area (Å²) in [5.74, 6) is -2.57. The van der Waals surface area contributed by atoms with Gasteiger partial charge >= 0.3 is 11.9 Å². The summed E-state index contributed by atoms with van der Waals surface area (Å²) in [4.78, 5) is 36.9. The Bertz CT molecular complexity index is 528. The lowest BCUT2D eigenvalue weighted by atomic mass is 10.1. The van der Waals surface area contributed by atoms with E-state index in [1.807, 2.05) is 0 Å².